The van der Waals surface area contributed by atoms with Crippen LogP contribution in [0.4, 0.5) is 4.79 Å². The Morgan fingerprint density at radius 2 is 1.84 bits per heavy atom. The smallest absolute Gasteiger partial charge is 0.407 e. The van der Waals surface area contributed by atoms with Crippen LogP contribution in [0.1, 0.15) is 98.8 Å². The normalized spacial score (nSPS) is 40.3. The topological polar surface area (TPSA) is 73.6 Å². The van der Waals surface area contributed by atoms with Gasteiger partial charge in [-0.25, -0.2) is 4.79 Å². The van der Waals surface area contributed by atoms with E-state index in [4.69, 9.17) is 15.2 Å². The summed E-state index contributed by atoms with van der Waals surface area (Å²) >= 11 is 0. The molecule has 0 heterocycles. The number of hydrogen-bond donors (Lipinski definition) is 2. The standard InChI is InChI=1S/C27H48N2O3/c1-7-27(19(4)9-8-18(2)3)17-16-26(5)15-14-22(23(31-6)24(26)27)32-25(30)29-21-12-10-20(28)11-13-21/h8,19-24H,7,9-17,28H2,1-6H3,(H,29,30). The first-order valence-electron chi connectivity index (χ1n) is 13.0. The van der Waals surface area contributed by atoms with Crippen molar-refractivity contribution in [2.24, 2.45) is 28.4 Å². The lowest BCUT2D eigenvalue weighted by Crippen LogP contribution is -2.55. The first-order chi connectivity index (χ1) is 15.1. The number of alkyl carbamates (subject to hydrolysis) is 1. The molecule has 3 N–H and O–H groups in total. The van der Waals surface area contributed by atoms with Gasteiger partial charge in [-0.05, 0) is 101 Å². The van der Waals surface area contributed by atoms with Crippen molar-refractivity contribution in [3.8, 4) is 0 Å². The molecule has 32 heavy (non-hydrogen) atoms. The van der Waals surface area contributed by atoms with Gasteiger partial charge in [-0.3, -0.25) is 0 Å². The van der Waals surface area contributed by atoms with Gasteiger partial charge in [0.2, 0.25) is 0 Å². The number of nitrogens with one attached hydrogen (secondary N) is 1. The fourth-order valence-electron chi connectivity index (χ4n) is 7.34. The second-order valence-electron chi connectivity index (χ2n) is 11.6. The quantitative estimate of drug-likeness (QED) is 0.471. The molecule has 3 aliphatic rings. The zero-order chi connectivity index (χ0) is 23.5. The monoisotopic (exact) mass is 448 g/mol. The number of carbonyl (C=O) groups is 1. The van der Waals surface area contributed by atoms with E-state index in [-0.39, 0.29) is 41.2 Å². The molecule has 0 aromatic carbocycles. The molecule has 5 nitrogen and oxygen atoms in total. The van der Waals surface area contributed by atoms with Gasteiger partial charge in [-0.2, -0.15) is 0 Å². The van der Waals surface area contributed by atoms with E-state index >= 15 is 0 Å². The second-order valence-corrected chi connectivity index (χ2v) is 11.6. The van der Waals surface area contributed by atoms with Crippen molar-refractivity contribution >= 4 is 6.09 Å². The maximum atomic E-state index is 12.8. The SMILES string of the molecule is CCC1(C(C)CC=C(C)C)CCC2(C)CCC(OC(=O)NC3CCC(N)CC3)C(OC)C21. The molecule has 0 aliphatic heterocycles. The lowest BCUT2D eigenvalue weighted by Gasteiger charge is -2.52. The summed E-state index contributed by atoms with van der Waals surface area (Å²) in [6, 6.07) is 0.457. The van der Waals surface area contributed by atoms with Crippen LogP contribution in [0.2, 0.25) is 0 Å². The van der Waals surface area contributed by atoms with Crippen molar-refractivity contribution in [1.29, 1.82) is 0 Å². The summed E-state index contributed by atoms with van der Waals surface area (Å²) in [5.74, 6) is 0.982. The van der Waals surface area contributed by atoms with E-state index in [2.05, 4.69) is 46.0 Å². The van der Waals surface area contributed by atoms with Crippen molar-refractivity contribution < 1.29 is 14.3 Å². The molecule has 0 spiro atoms. The van der Waals surface area contributed by atoms with Gasteiger partial charge >= 0.3 is 6.09 Å². The predicted octanol–water partition coefficient (Wildman–Crippen LogP) is 5.97. The molecule has 3 aliphatic carbocycles. The molecule has 184 valence electrons. The third-order valence-corrected chi connectivity index (χ3v) is 9.37. The van der Waals surface area contributed by atoms with Crippen LogP contribution in [0.25, 0.3) is 0 Å². The van der Waals surface area contributed by atoms with E-state index in [9.17, 15) is 4.79 Å². The highest BCUT2D eigenvalue weighted by molar-refractivity contribution is 5.67. The minimum Gasteiger partial charge on any atom is -0.443 e. The van der Waals surface area contributed by atoms with Gasteiger partial charge in [0.05, 0.1) is 6.10 Å². The van der Waals surface area contributed by atoms with E-state index in [0.29, 0.717) is 11.8 Å². The van der Waals surface area contributed by atoms with Crippen LogP contribution in [0.15, 0.2) is 11.6 Å². The van der Waals surface area contributed by atoms with Gasteiger partial charge in [0, 0.05) is 19.2 Å². The molecule has 0 aromatic heterocycles. The maximum Gasteiger partial charge on any atom is 0.407 e. The summed E-state index contributed by atoms with van der Waals surface area (Å²) < 4.78 is 12.3. The van der Waals surface area contributed by atoms with Crippen molar-refractivity contribution in [3.05, 3.63) is 11.6 Å². The number of amides is 1. The Kier molecular flexibility index (Phi) is 8.35. The van der Waals surface area contributed by atoms with Crippen LogP contribution >= 0.6 is 0 Å². The molecule has 3 fully saturated rings. The lowest BCUT2D eigenvalue weighted by atomic mass is 9.56. The summed E-state index contributed by atoms with van der Waals surface area (Å²) in [4.78, 5) is 12.8. The number of allylic oxidation sites excluding steroid dienone is 2. The molecule has 0 bridgehead atoms. The minimum atomic E-state index is -0.279. The number of nitrogens with two attached hydrogens (primary N) is 1. The van der Waals surface area contributed by atoms with Crippen molar-refractivity contribution in [2.75, 3.05) is 7.11 Å². The Hall–Kier alpha value is -1.07. The average Bonchev–Trinajstić information content (AvgIpc) is 3.07. The first-order valence-corrected chi connectivity index (χ1v) is 13.0. The molecule has 6 unspecified atom stereocenters. The van der Waals surface area contributed by atoms with Crippen LogP contribution in [0, 0.1) is 22.7 Å². The number of ether oxygens (including phenoxy) is 2. The first kappa shape index (κ1) is 25.6. The number of methoxy groups -OCH3 is 1. The predicted molar refractivity (Wildman–Crippen MR) is 130 cm³/mol. The van der Waals surface area contributed by atoms with Gasteiger partial charge in [0.25, 0.3) is 0 Å². The van der Waals surface area contributed by atoms with Crippen molar-refractivity contribution in [3.63, 3.8) is 0 Å². The summed E-state index contributed by atoms with van der Waals surface area (Å²) in [7, 11) is 1.81. The average molecular weight is 449 g/mol. The molecule has 6 atom stereocenters. The van der Waals surface area contributed by atoms with E-state index in [0.717, 1.165) is 51.4 Å². The zero-order valence-electron chi connectivity index (χ0n) is 21.4. The highest BCUT2D eigenvalue weighted by atomic mass is 16.6. The summed E-state index contributed by atoms with van der Waals surface area (Å²) in [5, 5.41) is 3.11. The van der Waals surface area contributed by atoms with Gasteiger partial charge in [-0.15, -0.1) is 0 Å². The molecular weight excluding hydrogens is 400 g/mol. The molecule has 5 heteroatoms. The molecule has 0 saturated heterocycles. The Labute approximate surface area is 196 Å². The van der Waals surface area contributed by atoms with Crippen LogP contribution in [0.3, 0.4) is 0 Å². The minimum absolute atomic E-state index is 0.0455. The van der Waals surface area contributed by atoms with Crippen LogP contribution < -0.4 is 11.1 Å². The van der Waals surface area contributed by atoms with Crippen LogP contribution in [-0.2, 0) is 9.47 Å². The zero-order valence-corrected chi connectivity index (χ0v) is 21.4. The number of rotatable bonds is 7. The molecule has 0 aromatic rings. The largest absolute Gasteiger partial charge is 0.443 e. The third-order valence-electron chi connectivity index (χ3n) is 9.37. The number of fused-ring (bicyclic) bond motifs is 1. The van der Waals surface area contributed by atoms with E-state index < -0.39 is 0 Å². The Morgan fingerprint density at radius 1 is 1.16 bits per heavy atom. The van der Waals surface area contributed by atoms with Crippen molar-refractivity contribution in [1.82, 2.24) is 5.32 Å². The van der Waals surface area contributed by atoms with E-state index in [1.54, 1.807) is 0 Å². The molecule has 3 rings (SSSR count). The Morgan fingerprint density at radius 3 is 2.44 bits per heavy atom. The summed E-state index contributed by atoms with van der Waals surface area (Å²) in [6.07, 6.45) is 12.4. The molecule has 3 saturated carbocycles. The van der Waals surface area contributed by atoms with Crippen molar-refractivity contribution in [2.45, 2.75) is 123 Å². The number of hydrogen-bond acceptors (Lipinski definition) is 4. The summed E-state index contributed by atoms with van der Waals surface area (Å²) in [6.45, 7) is 11.6. The lowest BCUT2D eigenvalue weighted by molar-refractivity contribution is -0.147. The summed E-state index contributed by atoms with van der Waals surface area (Å²) in [5.41, 5.74) is 7.88. The highest BCUT2D eigenvalue weighted by Crippen LogP contribution is 2.65. The highest BCUT2D eigenvalue weighted by Gasteiger charge is 2.62. The van der Waals surface area contributed by atoms with E-state index in [1.165, 1.54) is 18.4 Å². The fourth-order valence-corrected chi connectivity index (χ4v) is 7.34. The van der Waals surface area contributed by atoms with Crippen LogP contribution in [-0.4, -0.2) is 37.5 Å². The van der Waals surface area contributed by atoms with E-state index in [1.807, 2.05) is 7.11 Å². The molecule has 0 radical (unpaired) electrons. The molecular formula is C27H48N2O3. The van der Waals surface area contributed by atoms with Gasteiger partial charge < -0.3 is 20.5 Å². The van der Waals surface area contributed by atoms with Gasteiger partial charge in [-0.1, -0.05) is 32.4 Å². The van der Waals surface area contributed by atoms with Gasteiger partial charge in [0.1, 0.15) is 6.10 Å². The number of carbonyl (C=O) groups excluding carboxylic acids is 1. The van der Waals surface area contributed by atoms with Gasteiger partial charge in [0.15, 0.2) is 0 Å². The maximum absolute atomic E-state index is 12.8. The van der Waals surface area contributed by atoms with Crippen LogP contribution in [0.5, 0.6) is 0 Å². The Bertz CT molecular complexity index is 668. The fraction of sp³-hybridized carbons (Fsp3) is 0.889. The molecule has 1 amide bonds. The Balaban J connectivity index is 1.74. The third kappa shape index (κ3) is 5.19. The second kappa shape index (κ2) is 10.5.